The lowest BCUT2D eigenvalue weighted by Gasteiger charge is -2.40. The van der Waals surface area contributed by atoms with Gasteiger partial charge in [0.1, 0.15) is 0 Å². The number of aromatic nitrogens is 3. The zero-order valence-corrected chi connectivity index (χ0v) is 15.7. The molecule has 28 heavy (non-hydrogen) atoms. The highest BCUT2D eigenvalue weighted by Crippen LogP contribution is 2.35. The zero-order chi connectivity index (χ0) is 20.3. The van der Waals surface area contributed by atoms with Crippen LogP contribution in [0.15, 0.2) is 24.7 Å². The van der Waals surface area contributed by atoms with Crippen molar-refractivity contribution in [3.8, 4) is 0 Å². The summed E-state index contributed by atoms with van der Waals surface area (Å²) in [6, 6.07) is 1.47. The van der Waals surface area contributed by atoms with Crippen molar-refractivity contribution in [2.24, 2.45) is 0 Å². The number of nitrogens with zero attached hydrogens (tertiary/aromatic N) is 4. The van der Waals surface area contributed by atoms with Crippen LogP contribution in [0.2, 0.25) is 0 Å². The highest BCUT2D eigenvalue weighted by Gasteiger charge is 2.35. The highest BCUT2D eigenvalue weighted by atomic mass is 19.4. The van der Waals surface area contributed by atoms with Crippen LogP contribution >= 0.6 is 0 Å². The lowest BCUT2D eigenvalue weighted by molar-refractivity contribution is -0.147. The average Bonchev–Trinajstić information content (AvgIpc) is 3.07. The topological polar surface area (TPSA) is 74.3 Å². The molecule has 0 bridgehead atoms. The fourth-order valence-corrected chi connectivity index (χ4v) is 3.56. The van der Waals surface area contributed by atoms with E-state index in [0.717, 1.165) is 11.4 Å². The Hall–Kier alpha value is -2.62. The molecule has 1 saturated heterocycles. The Balaban J connectivity index is 1.91. The van der Waals surface area contributed by atoms with E-state index in [1.807, 2.05) is 11.8 Å². The molecule has 0 aliphatic carbocycles. The second-order valence-electron chi connectivity index (χ2n) is 6.76. The van der Waals surface area contributed by atoms with Gasteiger partial charge in [-0.05, 0) is 25.8 Å². The molecule has 0 radical (unpaired) electrons. The first-order valence-electron chi connectivity index (χ1n) is 8.91. The van der Waals surface area contributed by atoms with Crippen molar-refractivity contribution in [2.75, 3.05) is 31.6 Å². The number of carbonyl (C=O) groups excluding carboxylic acids is 1. The van der Waals surface area contributed by atoms with Gasteiger partial charge in [-0.15, -0.1) is 0 Å². The predicted molar refractivity (Wildman–Crippen MR) is 96.6 cm³/mol. The number of H-pyrrole nitrogens is 1. The molecule has 3 rings (SSSR count). The number of ether oxygens (including phenoxy) is 1. The molecule has 3 heterocycles. The van der Waals surface area contributed by atoms with Gasteiger partial charge in [0.15, 0.2) is 0 Å². The second kappa shape index (κ2) is 8.17. The molecule has 1 aliphatic heterocycles. The molecule has 0 atom stereocenters. The monoisotopic (exact) mass is 397 g/mol. The number of nitrogens with one attached hydrogen (secondary N) is 1. The summed E-state index contributed by atoms with van der Waals surface area (Å²) in [5.41, 5.74) is 2.44. The molecule has 1 aliphatic rings. The van der Waals surface area contributed by atoms with Crippen molar-refractivity contribution in [3.05, 3.63) is 35.9 Å². The van der Waals surface area contributed by atoms with Gasteiger partial charge < -0.3 is 9.64 Å². The summed E-state index contributed by atoms with van der Waals surface area (Å²) < 4.78 is 43.0. The van der Waals surface area contributed by atoms with Crippen LogP contribution in [-0.2, 0) is 4.74 Å². The molecule has 0 saturated carbocycles. The molecule has 2 aromatic heterocycles. The van der Waals surface area contributed by atoms with Crippen molar-refractivity contribution >= 4 is 17.3 Å². The maximum Gasteiger partial charge on any atom is 0.401 e. The number of aromatic amines is 1. The van der Waals surface area contributed by atoms with Crippen molar-refractivity contribution in [3.63, 3.8) is 0 Å². The molecule has 10 heteroatoms. The SMILES string of the molecule is COC(=O)c1ccncc1N(c1cn[nH]c1C)C1CCN(CC(F)(F)F)CC1. The molecular weight excluding hydrogens is 375 g/mol. The number of aryl methyl sites for hydroxylation is 1. The Kier molecular flexibility index (Phi) is 5.87. The lowest BCUT2D eigenvalue weighted by atomic mass is 10.0. The first kappa shape index (κ1) is 20.1. The molecule has 7 nitrogen and oxygen atoms in total. The third-order valence-corrected chi connectivity index (χ3v) is 4.85. The van der Waals surface area contributed by atoms with E-state index in [1.54, 1.807) is 18.5 Å². The van der Waals surface area contributed by atoms with Crippen LogP contribution < -0.4 is 4.90 Å². The number of rotatable bonds is 5. The number of likely N-dealkylation sites (tertiary alicyclic amines) is 1. The lowest BCUT2D eigenvalue weighted by Crippen LogP contribution is -2.46. The second-order valence-corrected chi connectivity index (χ2v) is 6.76. The number of alkyl halides is 3. The Morgan fingerprint density at radius 3 is 2.61 bits per heavy atom. The number of halogens is 3. The number of anilines is 2. The van der Waals surface area contributed by atoms with Crippen molar-refractivity contribution in [1.29, 1.82) is 0 Å². The van der Waals surface area contributed by atoms with Gasteiger partial charge in [0.05, 0.1) is 48.7 Å². The largest absolute Gasteiger partial charge is 0.465 e. The third kappa shape index (κ3) is 4.44. The van der Waals surface area contributed by atoms with Gasteiger partial charge in [-0.3, -0.25) is 15.0 Å². The molecular formula is C18H22F3N5O2. The number of hydrogen-bond donors (Lipinski definition) is 1. The van der Waals surface area contributed by atoms with Crippen LogP contribution in [0.5, 0.6) is 0 Å². The molecule has 0 unspecified atom stereocenters. The number of methoxy groups -OCH3 is 1. The van der Waals surface area contributed by atoms with E-state index < -0.39 is 18.7 Å². The van der Waals surface area contributed by atoms with Crippen LogP contribution in [0.4, 0.5) is 24.5 Å². The van der Waals surface area contributed by atoms with Gasteiger partial charge in [-0.1, -0.05) is 0 Å². The summed E-state index contributed by atoms with van der Waals surface area (Å²) in [4.78, 5) is 19.7. The Morgan fingerprint density at radius 1 is 1.32 bits per heavy atom. The Morgan fingerprint density at radius 2 is 2.04 bits per heavy atom. The smallest absolute Gasteiger partial charge is 0.401 e. The van der Waals surface area contributed by atoms with E-state index in [9.17, 15) is 18.0 Å². The number of esters is 1. The minimum absolute atomic E-state index is 0.103. The van der Waals surface area contributed by atoms with Gasteiger partial charge in [0.25, 0.3) is 0 Å². The normalized spacial score (nSPS) is 16.2. The van der Waals surface area contributed by atoms with Crippen LogP contribution in [-0.4, -0.2) is 65.0 Å². The van der Waals surface area contributed by atoms with Gasteiger partial charge >= 0.3 is 12.1 Å². The Bertz CT molecular complexity index is 816. The molecule has 1 N–H and O–H groups in total. The van der Waals surface area contributed by atoms with Crippen molar-refractivity contribution in [2.45, 2.75) is 32.0 Å². The number of hydrogen-bond acceptors (Lipinski definition) is 6. The highest BCUT2D eigenvalue weighted by molar-refractivity contribution is 5.96. The maximum absolute atomic E-state index is 12.7. The van der Waals surface area contributed by atoms with Gasteiger partial charge in [0.2, 0.25) is 0 Å². The molecule has 152 valence electrons. The quantitative estimate of drug-likeness (QED) is 0.782. The maximum atomic E-state index is 12.7. The summed E-state index contributed by atoms with van der Waals surface area (Å²) in [5.74, 6) is -0.502. The predicted octanol–water partition coefficient (Wildman–Crippen LogP) is 3.06. The summed E-state index contributed by atoms with van der Waals surface area (Å²) >= 11 is 0. The van der Waals surface area contributed by atoms with E-state index in [1.165, 1.54) is 18.2 Å². The van der Waals surface area contributed by atoms with Gasteiger partial charge in [0, 0.05) is 25.3 Å². The summed E-state index contributed by atoms with van der Waals surface area (Å²) in [5, 5.41) is 6.93. The standard InChI is InChI=1S/C18H22F3N5O2/c1-12-15(10-23-24-12)26(16-9-22-6-3-14(16)17(27)28-2)13-4-7-25(8-5-13)11-18(19,20)21/h3,6,9-10,13H,4-5,7-8,11H2,1-2H3,(H,23,24). The van der Waals surface area contributed by atoms with Crippen molar-refractivity contribution in [1.82, 2.24) is 20.1 Å². The first-order valence-corrected chi connectivity index (χ1v) is 8.91. The number of piperidine rings is 1. The molecule has 0 aromatic carbocycles. The average molecular weight is 397 g/mol. The summed E-state index contributed by atoms with van der Waals surface area (Å²) in [6.07, 6.45) is 1.52. The number of pyridine rings is 1. The summed E-state index contributed by atoms with van der Waals surface area (Å²) in [6.45, 7) is 1.56. The minimum atomic E-state index is -4.21. The number of carbonyl (C=O) groups is 1. The first-order chi connectivity index (χ1) is 13.3. The van der Waals surface area contributed by atoms with Gasteiger partial charge in [-0.2, -0.15) is 18.3 Å². The van der Waals surface area contributed by atoms with E-state index in [0.29, 0.717) is 37.2 Å². The molecule has 2 aromatic rings. The molecule has 1 fully saturated rings. The fraction of sp³-hybridized carbons (Fsp3) is 0.500. The van der Waals surface area contributed by atoms with Crippen molar-refractivity contribution < 1.29 is 22.7 Å². The van der Waals surface area contributed by atoms with Gasteiger partial charge in [-0.25, -0.2) is 4.79 Å². The zero-order valence-electron chi connectivity index (χ0n) is 15.7. The summed E-state index contributed by atoms with van der Waals surface area (Å²) in [7, 11) is 1.30. The van der Waals surface area contributed by atoms with E-state index in [4.69, 9.17) is 4.74 Å². The minimum Gasteiger partial charge on any atom is -0.465 e. The fourth-order valence-electron chi connectivity index (χ4n) is 3.56. The van der Waals surface area contributed by atoms with Crippen LogP contribution in [0.3, 0.4) is 0 Å². The van der Waals surface area contributed by atoms with E-state index in [-0.39, 0.29) is 6.04 Å². The molecule has 0 amide bonds. The molecule has 0 spiro atoms. The van der Waals surface area contributed by atoms with Crippen LogP contribution in [0, 0.1) is 6.92 Å². The van der Waals surface area contributed by atoms with E-state index >= 15 is 0 Å². The van der Waals surface area contributed by atoms with E-state index in [2.05, 4.69) is 15.2 Å². The van der Waals surface area contributed by atoms with Crippen LogP contribution in [0.1, 0.15) is 28.9 Å². The Labute approximate surface area is 160 Å². The third-order valence-electron chi connectivity index (χ3n) is 4.85. The van der Waals surface area contributed by atoms with Crippen LogP contribution in [0.25, 0.3) is 0 Å².